The van der Waals surface area contributed by atoms with Gasteiger partial charge in [0.05, 0.1) is 5.92 Å². The predicted molar refractivity (Wildman–Crippen MR) is 66.3 cm³/mol. The lowest BCUT2D eigenvalue weighted by molar-refractivity contribution is -0.135. The Bertz CT molecular complexity index is 360. The van der Waals surface area contributed by atoms with Gasteiger partial charge in [-0.25, -0.2) is 0 Å². The molecule has 4 nitrogen and oxygen atoms in total. The number of rotatable bonds is 3. The van der Waals surface area contributed by atoms with Gasteiger partial charge < -0.3 is 10.2 Å². The number of carbonyl (C=O) groups excluding carboxylic acids is 1. The largest absolute Gasteiger partial charge is 0.341 e. The van der Waals surface area contributed by atoms with Crippen LogP contribution < -0.4 is 5.32 Å². The Morgan fingerprint density at radius 3 is 2.94 bits per heavy atom. The number of carbonyl (C=O) groups is 1. The third kappa shape index (κ3) is 3.27. The normalized spacial score (nSPS) is 19.9. The highest BCUT2D eigenvalue weighted by Gasteiger charge is 2.23. The Morgan fingerprint density at radius 2 is 2.29 bits per heavy atom. The van der Waals surface area contributed by atoms with E-state index in [1.807, 2.05) is 24.1 Å². The maximum Gasteiger partial charge on any atom is 0.227 e. The van der Waals surface area contributed by atoms with Gasteiger partial charge in [0, 0.05) is 32.5 Å². The van der Waals surface area contributed by atoms with Crippen molar-refractivity contribution in [2.75, 3.05) is 20.1 Å². The summed E-state index contributed by atoms with van der Waals surface area (Å²) in [6.07, 6.45) is 5.62. The molecular weight excluding hydrogens is 214 g/mol. The van der Waals surface area contributed by atoms with Crippen molar-refractivity contribution in [2.24, 2.45) is 5.92 Å². The minimum Gasteiger partial charge on any atom is -0.341 e. The van der Waals surface area contributed by atoms with Crippen molar-refractivity contribution in [3.63, 3.8) is 0 Å². The number of nitrogens with zero attached hydrogens (tertiary/aromatic N) is 2. The van der Waals surface area contributed by atoms with E-state index in [0.717, 1.165) is 31.5 Å². The van der Waals surface area contributed by atoms with E-state index in [1.54, 1.807) is 12.4 Å². The van der Waals surface area contributed by atoms with Crippen molar-refractivity contribution in [3.05, 3.63) is 30.1 Å². The molecule has 4 heteroatoms. The summed E-state index contributed by atoms with van der Waals surface area (Å²) in [6.45, 7) is 2.52. The number of aromatic nitrogens is 1. The van der Waals surface area contributed by atoms with Crippen LogP contribution in [-0.2, 0) is 11.3 Å². The van der Waals surface area contributed by atoms with Gasteiger partial charge in [0.15, 0.2) is 0 Å². The van der Waals surface area contributed by atoms with Crippen molar-refractivity contribution < 1.29 is 4.79 Å². The van der Waals surface area contributed by atoms with Gasteiger partial charge in [-0.15, -0.1) is 0 Å². The highest BCUT2D eigenvalue weighted by molar-refractivity contribution is 5.78. The molecule has 1 aromatic rings. The Labute approximate surface area is 102 Å². The van der Waals surface area contributed by atoms with Crippen LogP contribution in [0.5, 0.6) is 0 Å². The predicted octanol–water partition coefficient (Wildman–Crippen LogP) is 1.04. The second kappa shape index (κ2) is 5.77. The van der Waals surface area contributed by atoms with Crippen LogP contribution >= 0.6 is 0 Å². The van der Waals surface area contributed by atoms with E-state index in [1.165, 1.54) is 0 Å². The van der Waals surface area contributed by atoms with Gasteiger partial charge in [-0.05, 0) is 37.1 Å². The zero-order valence-corrected chi connectivity index (χ0v) is 10.2. The molecule has 1 aromatic heterocycles. The molecule has 2 heterocycles. The number of piperidine rings is 1. The standard InChI is InChI=1S/C13H19N3O/c1-16(10-11-4-7-14-8-5-11)13(17)12-3-2-6-15-9-12/h4-5,7-8,12,15H,2-3,6,9-10H2,1H3/t12-/m0/s1. The summed E-state index contributed by atoms with van der Waals surface area (Å²) in [6, 6.07) is 3.89. The van der Waals surface area contributed by atoms with E-state index in [9.17, 15) is 4.79 Å². The summed E-state index contributed by atoms with van der Waals surface area (Å²) >= 11 is 0. The van der Waals surface area contributed by atoms with Crippen molar-refractivity contribution in [1.29, 1.82) is 0 Å². The summed E-state index contributed by atoms with van der Waals surface area (Å²) in [7, 11) is 1.87. The number of hydrogen-bond donors (Lipinski definition) is 1. The molecule has 1 saturated heterocycles. The maximum atomic E-state index is 12.2. The molecule has 0 saturated carbocycles. The van der Waals surface area contributed by atoms with Crippen LogP contribution in [0.25, 0.3) is 0 Å². The van der Waals surface area contributed by atoms with Gasteiger partial charge in [-0.2, -0.15) is 0 Å². The van der Waals surface area contributed by atoms with Gasteiger partial charge in [0.2, 0.25) is 5.91 Å². The molecular formula is C13H19N3O. The molecule has 1 aliphatic rings. The molecule has 92 valence electrons. The first-order valence-corrected chi connectivity index (χ1v) is 6.12. The smallest absolute Gasteiger partial charge is 0.227 e. The fourth-order valence-electron chi connectivity index (χ4n) is 2.21. The average molecular weight is 233 g/mol. The highest BCUT2D eigenvalue weighted by Crippen LogP contribution is 2.14. The van der Waals surface area contributed by atoms with E-state index >= 15 is 0 Å². The Morgan fingerprint density at radius 1 is 1.53 bits per heavy atom. The molecule has 1 N–H and O–H groups in total. The minimum absolute atomic E-state index is 0.149. The van der Waals surface area contributed by atoms with Crippen LogP contribution in [0.3, 0.4) is 0 Å². The van der Waals surface area contributed by atoms with Crippen molar-refractivity contribution in [2.45, 2.75) is 19.4 Å². The van der Waals surface area contributed by atoms with Crippen LogP contribution in [0.1, 0.15) is 18.4 Å². The third-order valence-corrected chi connectivity index (χ3v) is 3.19. The van der Waals surface area contributed by atoms with Crippen LogP contribution in [-0.4, -0.2) is 35.9 Å². The summed E-state index contributed by atoms with van der Waals surface area (Å²) in [4.78, 5) is 18.0. The molecule has 2 rings (SSSR count). The van der Waals surface area contributed by atoms with Crippen molar-refractivity contribution in [1.82, 2.24) is 15.2 Å². The SMILES string of the molecule is CN(Cc1ccncc1)C(=O)[C@H]1CCCNC1. The third-order valence-electron chi connectivity index (χ3n) is 3.19. The highest BCUT2D eigenvalue weighted by atomic mass is 16.2. The number of amides is 1. The second-order valence-electron chi connectivity index (χ2n) is 4.59. The zero-order chi connectivity index (χ0) is 12.1. The summed E-state index contributed by atoms with van der Waals surface area (Å²) in [5.74, 6) is 0.393. The second-order valence-corrected chi connectivity index (χ2v) is 4.59. The molecule has 0 unspecified atom stereocenters. The zero-order valence-electron chi connectivity index (χ0n) is 10.2. The van der Waals surface area contributed by atoms with E-state index in [0.29, 0.717) is 6.54 Å². The number of hydrogen-bond acceptors (Lipinski definition) is 3. The van der Waals surface area contributed by atoms with Crippen molar-refractivity contribution >= 4 is 5.91 Å². The lowest BCUT2D eigenvalue weighted by Gasteiger charge is -2.27. The lowest BCUT2D eigenvalue weighted by Crippen LogP contribution is -2.41. The first kappa shape index (κ1) is 12.0. The van der Waals surface area contributed by atoms with Gasteiger partial charge in [0.1, 0.15) is 0 Å². The van der Waals surface area contributed by atoms with E-state index < -0.39 is 0 Å². The van der Waals surface area contributed by atoms with Gasteiger partial charge in [0.25, 0.3) is 0 Å². The van der Waals surface area contributed by atoms with Crippen LogP contribution in [0.2, 0.25) is 0 Å². The van der Waals surface area contributed by atoms with E-state index in [2.05, 4.69) is 10.3 Å². The minimum atomic E-state index is 0.149. The Balaban J connectivity index is 1.90. The number of nitrogens with one attached hydrogen (secondary N) is 1. The molecule has 0 radical (unpaired) electrons. The summed E-state index contributed by atoms with van der Waals surface area (Å²) < 4.78 is 0. The topological polar surface area (TPSA) is 45.2 Å². The quantitative estimate of drug-likeness (QED) is 0.848. The molecule has 1 aliphatic heterocycles. The summed E-state index contributed by atoms with van der Waals surface area (Å²) in [5.41, 5.74) is 1.12. The van der Waals surface area contributed by atoms with Gasteiger partial charge in [-0.3, -0.25) is 9.78 Å². The first-order valence-electron chi connectivity index (χ1n) is 6.12. The fourth-order valence-corrected chi connectivity index (χ4v) is 2.21. The van der Waals surface area contributed by atoms with Crippen LogP contribution in [0.15, 0.2) is 24.5 Å². The molecule has 0 aromatic carbocycles. The molecule has 17 heavy (non-hydrogen) atoms. The molecule has 1 amide bonds. The van der Waals surface area contributed by atoms with E-state index in [-0.39, 0.29) is 11.8 Å². The van der Waals surface area contributed by atoms with E-state index in [4.69, 9.17) is 0 Å². The molecule has 1 fully saturated rings. The van der Waals surface area contributed by atoms with Gasteiger partial charge in [-0.1, -0.05) is 0 Å². The molecule has 0 aliphatic carbocycles. The first-order chi connectivity index (χ1) is 8.27. The maximum absolute atomic E-state index is 12.2. The Hall–Kier alpha value is -1.42. The summed E-state index contributed by atoms with van der Waals surface area (Å²) in [5, 5.41) is 3.28. The van der Waals surface area contributed by atoms with Crippen LogP contribution in [0.4, 0.5) is 0 Å². The number of pyridine rings is 1. The molecule has 0 bridgehead atoms. The lowest BCUT2D eigenvalue weighted by atomic mass is 9.98. The van der Waals surface area contributed by atoms with Gasteiger partial charge >= 0.3 is 0 Å². The molecule has 0 spiro atoms. The van der Waals surface area contributed by atoms with Crippen molar-refractivity contribution in [3.8, 4) is 0 Å². The van der Waals surface area contributed by atoms with Crippen LogP contribution in [0, 0.1) is 5.92 Å². The monoisotopic (exact) mass is 233 g/mol. The molecule has 1 atom stereocenters. The Kier molecular flexibility index (Phi) is 4.09. The average Bonchev–Trinajstić information content (AvgIpc) is 2.40. The fraction of sp³-hybridized carbons (Fsp3) is 0.538.